The lowest BCUT2D eigenvalue weighted by molar-refractivity contribution is -0.113. The summed E-state index contributed by atoms with van der Waals surface area (Å²) in [6, 6.07) is 21.4. The van der Waals surface area contributed by atoms with Crippen LogP contribution < -0.4 is 18.9 Å². The maximum Gasteiger partial charge on any atom is 0.188 e. The van der Waals surface area contributed by atoms with Gasteiger partial charge in [0.05, 0.1) is 28.4 Å². The van der Waals surface area contributed by atoms with E-state index in [4.69, 9.17) is 31.2 Å². The van der Waals surface area contributed by atoms with Crippen molar-refractivity contribution < 1.29 is 23.7 Å². The molecule has 0 bridgehead atoms. The number of likely N-dealkylation sites (tertiary alicyclic amines) is 1. The molecule has 1 saturated heterocycles. The van der Waals surface area contributed by atoms with Crippen molar-refractivity contribution in [2.24, 2.45) is 0 Å². The Hall–Kier alpha value is -3.75. The maximum atomic E-state index is 13.7. The van der Waals surface area contributed by atoms with Crippen molar-refractivity contribution in [2.75, 3.05) is 41.5 Å². The largest absolute Gasteiger partial charge is 0.493 e. The van der Waals surface area contributed by atoms with Gasteiger partial charge in [-0.1, -0.05) is 66.4 Å². The lowest BCUT2D eigenvalue weighted by Crippen LogP contribution is -2.39. The summed E-state index contributed by atoms with van der Waals surface area (Å²) in [5.74, 6) is 3.19. The molecule has 0 aliphatic carbocycles. The minimum absolute atomic E-state index is 0.0216. The van der Waals surface area contributed by atoms with E-state index in [9.17, 15) is 4.79 Å². The van der Waals surface area contributed by atoms with Crippen LogP contribution in [0.3, 0.4) is 0 Å². The van der Waals surface area contributed by atoms with Crippen molar-refractivity contribution in [3.05, 3.63) is 94.6 Å². The Labute approximate surface area is 239 Å². The van der Waals surface area contributed by atoms with Gasteiger partial charge in [-0.05, 0) is 53.1 Å². The highest BCUT2D eigenvalue weighted by Gasteiger charge is 2.28. The highest BCUT2D eigenvalue weighted by atomic mass is 32.2. The van der Waals surface area contributed by atoms with Crippen LogP contribution in [-0.2, 0) is 10.5 Å². The first kappa shape index (κ1) is 28.3. The number of thiocarbonyl (C=S) groups is 1. The first-order valence-corrected chi connectivity index (χ1v) is 13.7. The van der Waals surface area contributed by atoms with Gasteiger partial charge in [-0.25, -0.2) is 0 Å². The van der Waals surface area contributed by atoms with E-state index in [0.29, 0.717) is 47.2 Å². The molecule has 0 N–H and O–H groups in total. The van der Waals surface area contributed by atoms with Crippen molar-refractivity contribution in [3.8, 4) is 23.0 Å². The van der Waals surface area contributed by atoms with Crippen LogP contribution in [0.4, 0.5) is 0 Å². The molecule has 6 nitrogen and oxygen atoms in total. The van der Waals surface area contributed by atoms with Crippen LogP contribution in [-0.4, -0.2) is 56.5 Å². The fourth-order valence-electron chi connectivity index (χ4n) is 4.27. The number of ether oxygens (including phenoxy) is 4. The van der Waals surface area contributed by atoms with E-state index in [0.717, 1.165) is 21.2 Å². The number of carbonyl (C=O) groups is 1. The van der Waals surface area contributed by atoms with E-state index in [2.05, 4.69) is 17.0 Å². The first-order chi connectivity index (χ1) is 18.9. The molecular formula is C31H31NO5S2. The summed E-state index contributed by atoms with van der Waals surface area (Å²) < 4.78 is 22.4. The predicted molar refractivity (Wildman–Crippen MR) is 162 cm³/mol. The Morgan fingerprint density at radius 2 is 1.26 bits per heavy atom. The van der Waals surface area contributed by atoms with Crippen LogP contribution in [0.5, 0.6) is 23.0 Å². The highest BCUT2D eigenvalue weighted by Crippen LogP contribution is 2.32. The van der Waals surface area contributed by atoms with Crippen LogP contribution >= 0.6 is 24.0 Å². The highest BCUT2D eigenvalue weighted by molar-refractivity contribution is 8.22. The van der Waals surface area contributed by atoms with Gasteiger partial charge in [0, 0.05) is 30.0 Å². The van der Waals surface area contributed by atoms with Gasteiger partial charge in [0.2, 0.25) is 0 Å². The average molecular weight is 562 g/mol. The molecule has 0 unspecified atom stereocenters. The number of benzene rings is 3. The second kappa shape index (κ2) is 13.4. The van der Waals surface area contributed by atoms with Crippen LogP contribution in [0.25, 0.3) is 12.2 Å². The lowest BCUT2D eigenvalue weighted by atomic mass is 9.94. The number of piperidine rings is 1. The van der Waals surface area contributed by atoms with Crippen molar-refractivity contribution in [1.29, 1.82) is 0 Å². The molecular weight excluding hydrogens is 530 g/mol. The summed E-state index contributed by atoms with van der Waals surface area (Å²) >= 11 is 7.44. The van der Waals surface area contributed by atoms with Gasteiger partial charge in [0.25, 0.3) is 0 Å². The zero-order valence-corrected chi connectivity index (χ0v) is 24.1. The molecule has 0 aromatic heterocycles. The van der Waals surface area contributed by atoms with Gasteiger partial charge in [0.15, 0.2) is 28.8 Å². The Balaban J connectivity index is 1.67. The summed E-state index contributed by atoms with van der Waals surface area (Å²) in [5, 5.41) is 0. The summed E-state index contributed by atoms with van der Waals surface area (Å²) in [5.41, 5.74) is 4.16. The minimum Gasteiger partial charge on any atom is -0.493 e. The SMILES string of the molecule is COc1ccc(/C=C2\CN(C(=S)SCc3ccccc3)C/C(=C\c3ccc(OC)c(OC)c3)C2=O)cc1OC. The number of methoxy groups -OCH3 is 4. The van der Waals surface area contributed by atoms with Gasteiger partial charge in [0.1, 0.15) is 4.32 Å². The van der Waals surface area contributed by atoms with Crippen LogP contribution in [0.1, 0.15) is 16.7 Å². The molecule has 0 atom stereocenters. The Kier molecular flexibility index (Phi) is 9.68. The number of thioether (sulfide) groups is 1. The predicted octanol–water partition coefficient (Wildman–Crippen LogP) is 6.29. The van der Waals surface area contributed by atoms with E-state index in [1.54, 1.807) is 40.2 Å². The van der Waals surface area contributed by atoms with E-state index >= 15 is 0 Å². The Morgan fingerprint density at radius 3 is 1.72 bits per heavy atom. The summed E-state index contributed by atoms with van der Waals surface area (Å²) in [6.07, 6.45) is 3.78. The van der Waals surface area contributed by atoms with Gasteiger partial charge in [-0.15, -0.1) is 0 Å². The average Bonchev–Trinajstić information content (AvgIpc) is 2.98. The third-order valence-corrected chi connectivity index (χ3v) is 7.86. The maximum absolute atomic E-state index is 13.7. The normalized spacial score (nSPS) is 15.4. The molecule has 1 fully saturated rings. The summed E-state index contributed by atoms with van der Waals surface area (Å²) in [7, 11) is 6.37. The number of Topliss-reactive ketones (excluding diaryl/α,β-unsaturated/α-hetero) is 1. The molecule has 3 aromatic rings. The molecule has 1 heterocycles. The number of hydrogen-bond acceptors (Lipinski definition) is 7. The molecule has 0 spiro atoms. The lowest BCUT2D eigenvalue weighted by Gasteiger charge is -2.31. The van der Waals surface area contributed by atoms with Crippen molar-refractivity contribution >= 4 is 46.2 Å². The molecule has 0 saturated carbocycles. The standard InChI is InChI=1S/C31H31NO5S2/c1-34-26-12-10-22(16-28(26)36-3)14-24-18-32(31(38)39-20-21-8-6-5-7-9-21)19-25(30(24)33)15-23-11-13-27(35-2)29(17-23)37-4/h5-17H,18-20H2,1-4H3/b24-14+,25-15+. The van der Waals surface area contributed by atoms with E-state index in [1.807, 2.05) is 66.7 Å². The minimum atomic E-state index is -0.0216. The fourth-order valence-corrected chi connectivity index (χ4v) is 5.37. The van der Waals surface area contributed by atoms with Crippen LogP contribution in [0.2, 0.25) is 0 Å². The monoisotopic (exact) mass is 561 g/mol. The molecule has 3 aromatic carbocycles. The third kappa shape index (κ3) is 7.02. The molecule has 8 heteroatoms. The summed E-state index contributed by atoms with van der Waals surface area (Å²) in [6.45, 7) is 0.828. The molecule has 1 aliphatic heterocycles. The molecule has 39 heavy (non-hydrogen) atoms. The smallest absolute Gasteiger partial charge is 0.188 e. The molecule has 0 radical (unpaired) electrons. The topological polar surface area (TPSA) is 57.2 Å². The zero-order valence-electron chi connectivity index (χ0n) is 22.4. The zero-order chi connectivity index (χ0) is 27.8. The second-order valence-electron chi connectivity index (χ2n) is 8.79. The van der Waals surface area contributed by atoms with Crippen molar-refractivity contribution in [2.45, 2.75) is 5.75 Å². The first-order valence-electron chi connectivity index (χ1n) is 12.3. The molecule has 4 rings (SSSR count). The molecule has 202 valence electrons. The van der Waals surface area contributed by atoms with Crippen LogP contribution in [0, 0.1) is 0 Å². The number of hydrogen-bond donors (Lipinski definition) is 0. The summed E-state index contributed by atoms with van der Waals surface area (Å²) in [4.78, 5) is 15.8. The van der Waals surface area contributed by atoms with Crippen LogP contribution in [0.15, 0.2) is 77.9 Å². The number of carbonyl (C=O) groups excluding carboxylic acids is 1. The van der Waals surface area contributed by atoms with Crippen molar-refractivity contribution in [1.82, 2.24) is 4.90 Å². The quantitative estimate of drug-likeness (QED) is 0.235. The van der Waals surface area contributed by atoms with Crippen molar-refractivity contribution in [3.63, 3.8) is 0 Å². The molecule has 1 aliphatic rings. The number of ketones is 1. The fraction of sp³-hybridized carbons (Fsp3) is 0.226. The third-order valence-electron chi connectivity index (χ3n) is 6.27. The van der Waals surface area contributed by atoms with Gasteiger partial charge < -0.3 is 23.8 Å². The van der Waals surface area contributed by atoms with E-state index in [1.165, 1.54) is 5.56 Å². The Morgan fingerprint density at radius 1 is 0.769 bits per heavy atom. The van der Waals surface area contributed by atoms with E-state index in [-0.39, 0.29) is 5.78 Å². The number of nitrogens with zero attached hydrogens (tertiary/aromatic N) is 1. The van der Waals surface area contributed by atoms with Gasteiger partial charge in [-0.2, -0.15) is 0 Å². The van der Waals surface area contributed by atoms with E-state index < -0.39 is 0 Å². The Bertz CT molecular complexity index is 1320. The van der Waals surface area contributed by atoms with Gasteiger partial charge >= 0.3 is 0 Å². The molecule has 0 amide bonds. The number of rotatable bonds is 8. The second-order valence-corrected chi connectivity index (χ2v) is 10.4. The van der Waals surface area contributed by atoms with Gasteiger partial charge in [-0.3, -0.25) is 4.79 Å².